The van der Waals surface area contributed by atoms with Crippen molar-refractivity contribution in [3.8, 4) is 0 Å². The van der Waals surface area contributed by atoms with Crippen LogP contribution in [0.15, 0.2) is 24.3 Å². The summed E-state index contributed by atoms with van der Waals surface area (Å²) in [4.78, 5) is 14.6. The van der Waals surface area contributed by atoms with Gasteiger partial charge in [-0.1, -0.05) is 30.2 Å². The fraction of sp³-hybridized carbons (Fsp3) is 0.562. The Morgan fingerprint density at radius 1 is 1.24 bits per heavy atom. The van der Waals surface area contributed by atoms with Crippen molar-refractivity contribution in [1.29, 1.82) is 0 Å². The summed E-state index contributed by atoms with van der Waals surface area (Å²) in [6.07, 6.45) is 4.86. The Morgan fingerprint density at radius 2 is 2.10 bits per heavy atom. The van der Waals surface area contributed by atoms with Crippen LogP contribution in [0.2, 0.25) is 5.02 Å². The van der Waals surface area contributed by atoms with Gasteiger partial charge in [-0.25, -0.2) is 0 Å². The maximum atomic E-state index is 12.1. The van der Waals surface area contributed by atoms with Crippen LogP contribution in [-0.2, 0) is 4.79 Å². The van der Waals surface area contributed by atoms with Crippen LogP contribution in [0.25, 0.3) is 0 Å². The molecule has 2 atom stereocenters. The first-order valence-electron chi connectivity index (χ1n) is 7.76. The van der Waals surface area contributed by atoms with Crippen LogP contribution >= 0.6 is 11.6 Å². The van der Waals surface area contributed by atoms with Crippen molar-refractivity contribution in [2.24, 2.45) is 0 Å². The third-order valence-corrected chi connectivity index (χ3v) is 4.85. The van der Waals surface area contributed by atoms with E-state index in [4.69, 9.17) is 11.6 Å². The maximum Gasteiger partial charge on any atom is 0.239 e. The van der Waals surface area contributed by atoms with E-state index >= 15 is 0 Å². The molecule has 0 radical (unpaired) electrons. The van der Waals surface area contributed by atoms with Crippen LogP contribution in [0.1, 0.15) is 25.7 Å². The van der Waals surface area contributed by atoms with Crippen molar-refractivity contribution in [3.05, 3.63) is 29.3 Å². The highest BCUT2D eigenvalue weighted by molar-refractivity contribution is 6.33. The summed E-state index contributed by atoms with van der Waals surface area (Å²) >= 11 is 6.07. The number of hydrogen-bond acceptors (Lipinski definition) is 3. The standard InChI is InChI=1S/C16H22ClN3O/c17-12-5-1-2-6-13(12)18-11-16(21)19-14-8-10-20-9-4-3-7-15(14)20/h1-2,5-6,14-15,18H,3-4,7-11H2,(H,19,21). The summed E-state index contributed by atoms with van der Waals surface area (Å²) in [5.41, 5.74) is 0.806. The molecule has 114 valence electrons. The van der Waals surface area contributed by atoms with Crippen molar-refractivity contribution >= 4 is 23.2 Å². The second-order valence-electron chi connectivity index (χ2n) is 5.90. The number of rotatable bonds is 4. The zero-order valence-electron chi connectivity index (χ0n) is 12.1. The van der Waals surface area contributed by atoms with Crippen molar-refractivity contribution < 1.29 is 4.79 Å². The normalized spacial score (nSPS) is 25.4. The molecule has 1 amide bonds. The first-order valence-corrected chi connectivity index (χ1v) is 8.13. The van der Waals surface area contributed by atoms with Gasteiger partial charge in [0.15, 0.2) is 0 Å². The minimum atomic E-state index is 0.0485. The number of nitrogens with one attached hydrogen (secondary N) is 2. The van der Waals surface area contributed by atoms with E-state index in [0.717, 1.165) is 18.7 Å². The molecule has 0 spiro atoms. The molecule has 2 fully saturated rings. The Labute approximate surface area is 130 Å². The number of nitrogens with zero attached hydrogens (tertiary/aromatic N) is 1. The van der Waals surface area contributed by atoms with E-state index in [1.165, 1.54) is 25.8 Å². The zero-order valence-corrected chi connectivity index (χ0v) is 12.9. The third kappa shape index (κ3) is 3.50. The van der Waals surface area contributed by atoms with Gasteiger partial charge in [-0.05, 0) is 37.9 Å². The van der Waals surface area contributed by atoms with Crippen LogP contribution in [-0.4, -0.2) is 42.5 Å². The molecule has 1 aromatic rings. The number of fused-ring (bicyclic) bond motifs is 1. The largest absolute Gasteiger partial charge is 0.375 e. The minimum absolute atomic E-state index is 0.0485. The highest BCUT2D eigenvalue weighted by Gasteiger charge is 2.35. The third-order valence-electron chi connectivity index (χ3n) is 4.52. The highest BCUT2D eigenvalue weighted by Crippen LogP contribution is 2.27. The first-order chi connectivity index (χ1) is 10.2. The zero-order chi connectivity index (χ0) is 14.7. The lowest BCUT2D eigenvalue weighted by Crippen LogP contribution is -2.48. The molecule has 4 nitrogen and oxygen atoms in total. The number of amides is 1. The average Bonchev–Trinajstić information content (AvgIpc) is 2.90. The van der Waals surface area contributed by atoms with Crippen LogP contribution < -0.4 is 10.6 Å². The van der Waals surface area contributed by atoms with Gasteiger partial charge < -0.3 is 10.6 Å². The van der Waals surface area contributed by atoms with Gasteiger partial charge in [0.1, 0.15) is 0 Å². The van der Waals surface area contributed by atoms with Crippen LogP contribution in [0.3, 0.4) is 0 Å². The summed E-state index contributed by atoms with van der Waals surface area (Å²) in [5.74, 6) is 0.0485. The summed E-state index contributed by atoms with van der Waals surface area (Å²) in [5, 5.41) is 6.93. The predicted molar refractivity (Wildman–Crippen MR) is 85.7 cm³/mol. The van der Waals surface area contributed by atoms with E-state index in [2.05, 4.69) is 15.5 Å². The number of carbonyl (C=O) groups excluding carboxylic acids is 1. The Hall–Kier alpha value is -1.26. The number of piperidine rings is 1. The SMILES string of the molecule is O=C(CNc1ccccc1Cl)NC1CCN2CCCCC12. The smallest absolute Gasteiger partial charge is 0.239 e. The van der Waals surface area contributed by atoms with Crippen LogP contribution in [0.4, 0.5) is 5.69 Å². The second kappa shape index (κ2) is 6.67. The number of anilines is 1. The Bertz CT molecular complexity index is 508. The van der Waals surface area contributed by atoms with Crippen molar-refractivity contribution in [2.75, 3.05) is 25.0 Å². The maximum absolute atomic E-state index is 12.1. The summed E-state index contributed by atoms with van der Waals surface area (Å²) in [7, 11) is 0. The van der Waals surface area contributed by atoms with E-state index < -0.39 is 0 Å². The number of carbonyl (C=O) groups is 1. The van der Waals surface area contributed by atoms with Gasteiger partial charge in [0.25, 0.3) is 0 Å². The van der Waals surface area contributed by atoms with Gasteiger partial charge in [0, 0.05) is 18.6 Å². The van der Waals surface area contributed by atoms with E-state index in [1.807, 2.05) is 24.3 Å². The molecule has 5 heteroatoms. The number of benzene rings is 1. The predicted octanol–water partition coefficient (Wildman–Crippen LogP) is 2.49. The molecule has 0 bridgehead atoms. The van der Waals surface area contributed by atoms with Crippen LogP contribution in [0.5, 0.6) is 0 Å². The molecule has 0 aliphatic carbocycles. The highest BCUT2D eigenvalue weighted by atomic mass is 35.5. The lowest BCUT2D eigenvalue weighted by atomic mass is 9.99. The molecule has 2 aliphatic heterocycles. The molecule has 1 aromatic carbocycles. The van der Waals surface area contributed by atoms with Gasteiger partial charge in [0.2, 0.25) is 5.91 Å². The van der Waals surface area contributed by atoms with Crippen molar-refractivity contribution in [2.45, 2.75) is 37.8 Å². The summed E-state index contributed by atoms with van der Waals surface area (Å²) in [6.45, 7) is 2.58. The molecule has 2 N–H and O–H groups in total. The quantitative estimate of drug-likeness (QED) is 0.898. The average molecular weight is 308 g/mol. The molecular formula is C16H22ClN3O. The van der Waals surface area contributed by atoms with E-state index in [9.17, 15) is 4.79 Å². The number of para-hydroxylation sites is 1. The summed E-state index contributed by atoms with van der Waals surface area (Å²) < 4.78 is 0. The van der Waals surface area contributed by atoms with Crippen molar-refractivity contribution in [1.82, 2.24) is 10.2 Å². The molecule has 2 saturated heterocycles. The van der Waals surface area contributed by atoms with Gasteiger partial charge >= 0.3 is 0 Å². The monoisotopic (exact) mass is 307 g/mol. The van der Waals surface area contributed by atoms with Crippen molar-refractivity contribution in [3.63, 3.8) is 0 Å². The molecular weight excluding hydrogens is 286 g/mol. The van der Waals surface area contributed by atoms with Gasteiger partial charge in [-0.2, -0.15) is 0 Å². The minimum Gasteiger partial charge on any atom is -0.375 e. The summed E-state index contributed by atoms with van der Waals surface area (Å²) in [6, 6.07) is 8.34. The number of hydrogen-bond donors (Lipinski definition) is 2. The topological polar surface area (TPSA) is 44.4 Å². The van der Waals surface area contributed by atoms with E-state index in [0.29, 0.717) is 17.1 Å². The Balaban J connectivity index is 1.49. The van der Waals surface area contributed by atoms with E-state index in [-0.39, 0.29) is 12.5 Å². The Morgan fingerprint density at radius 3 is 2.95 bits per heavy atom. The molecule has 2 unspecified atom stereocenters. The lowest BCUT2D eigenvalue weighted by molar-refractivity contribution is -0.120. The molecule has 2 heterocycles. The molecule has 3 rings (SSSR count). The van der Waals surface area contributed by atoms with Gasteiger partial charge in [-0.15, -0.1) is 0 Å². The first kappa shape index (κ1) is 14.7. The lowest BCUT2D eigenvalue weighted by Gasteiger charge is -2.32. The van der Waals surface area contributed by atoms with Gasteiger partial charge in [0.05, 0.1) is 17.3 Å². The second-order valence-corrected chi connectivity index (χ2v) is 6.30. The molecule has 21 heavy (non-hydrogen) atoms. The van der Waals surface area contributed by atoms with E-state index in [1.54, 1.807) is 0 Å². The van der Waals surface area contributed by atoms with Crippen LogP contribution in [0, 0.1) is 0 Å². The molecule has 0 saturated carbocycles. The molecule has 2 aliphatic rings. The fourth-order valence-corrected chi connectivity index (χ4v) is 3.66. The Kier molecular flexibility index (Phi) is 4.66. The number of halogens is 1. The van der Waals surface area contributed by atoms with Gasteiger partial charge in [-0.3, -0.25) is 9.69 Å². The molecule has 0 aromatic heterocycles. The fourth-order valence-electron chi connectivity index (χ4n) is 3.45.